The van der Waals surface area contributed by atoms with Gasteiger partial charge in [-0.25, -0.2) is 4.39 Å². The Balaban J connectivity index is 2.01. The second-order valence-electron chi connectivity index (χ2n) is 5.05. The van der Waals surface area contributed by atoms with Crippen LogP contribution in [0.1, 0.15) is 24.0 Å². The Kier molecular flexibility index (Phi) is 3.82. The molecule has 1 aliphatic rings. The molecule has 0 saturated heterocycles. The van der Waals surface area contributed by atoms with E-state index in [1.54, 1.807) is 12.1 Å². The third kappa shape index (κ3) is 3.19. The van der Waals surface area contributed by atoms with Crippen LogP contribution in [0.3, 0.4) is 0 Å². The van der Waals surface area contributed by atoms with Crippen molar-refractivity contribution in [2.75, 3.05) is 0 Å². The van der Waals surface area contributed by atoms with E-state index in [1.807, 2.05) is 24.3 Å². The van der Waals surface area contributed by atoms with Gasteiger partial charge in [0.1, 0.15) is 17.3 Å². The molecule has 0 saturated carbocycles. The summed E-state index contributed by atoms with van der Waals surface area (Å²) >= 11 is 0. The first-order valence-corrected chi connectivity index (χ1v) is 6.98. The van der Waals surface area contributed by atoms with Gasteiger partial charge in [0.05, 0.1) is 0 Å². The fourth-order valence-corrected chi connectivity index (χ4v) is 2.47. The van der Waals surface area contributed by atoms with E-state index < -0.39 is 0 Å². The highest BCUT2D eigenvalue weighted by atomic mass is 19.1. The van der Waals surface area contributed by atoms with Crippen LogP contribution >= 0.6 is 0 Å². The van der Waals surface area contributed by atoms with E-state index in [2.05, 4.69) is 0 Å². The molecule has 106 valence electrons. The van der Waals surface area contributed by atoms with Crippen molar-refractivity contribution < 1.29 is 13.9 Å². The van der Waals surface area contributed by atoms with E-state index in [0.29, 0.717) is 17.9 Å². The summed E-state index contributed by atoms with van der Waals surface area (Å²) in [4.78, 5) is 11.9. The molecular formula is C18H15FO2. The SMILES string of the molecule is O=C1/C=C(/Oc2cccc(F)c2)c2ccccc2CCC1. The Morgan fingerprint density at radius 2 is 1.86 bits per heavy atom. The molecule has 21 heavy (non-hydrogen) atoms. The van der Waals surface area contributed by atoms with Gasteiger partial charge in [0.25, 0.3) is 0 Å². The number of allylic oxidation sites excluding steroid dienone is 1. The Morgan fingerprint density at radius 3 is 2.71 bits per heavy atom. The zero-order chi connectivity index (χ0) is 14.7. The maximum atomic E-state index is 13.3. The average Bonchev–Trinajstić information content (AvgIpc) is 2.45. The Morgan fingerprint density at radius 1 is 1.00 bits per heavy atom. The molecule has 0 bridgehead atoms. The zero-order valence-electron chi connectivity index (χ0n) is 11.5. The predicted octanol–water partition coefficient (Wildman–Crippen LogP) is 4.15. The summed E-state index contributed by atoms with van der Waals surface area (Å²) in [5.74, 6) is 0.555. The fourth-order valence-electron chi connectivity index (χ4n) is 2.47. The molecule has 2 aromatic rings. The number of rotatable bonds is 2. The summed E-state index contributed by atoms with van der Waals surface area (Å²) in [6, 6.07) is 13.8. The molecule has 0 spiro atoms. The van der Waals surface area contributed by atoms with E-state index in [9.17, 15) is 9.18 Å². The summed E-state index contributed by atoms with van der Waals surface area (Å²) in [6.07, 6.45) is 3.69. The van der Waals surface area contributed by atoms with Crippen LogP contribution < -0.4 is 4.74 Å². The summed E-state index contributed by atoms with van der Waals surface area (Å²) in [5, 5.41) is 0. The molecule has 3 heteroatoms. The van der Waals surface area contributed by atoms with Gasteiger partial charge in [0.2, 0.25) is 0 Å². The van der Waals surface area contributed by atoms with E-state index in [-0.39, 0.29) is 11.6 Å². The lowest BCUT2D eigenvalue weighted by molar-refractivity contribution is -0.114. The number of carbonyl (C=O) groups excluding carboxylic acids is 1. The maximum Gasteiger partial charge on any atom is 0.159 e. The highest BCUT2D eigenvalue weighted by Crippen LogP contribution is 2.27. The van der Waals surface area contributed by atoms with Crippen LogP contribution in [-0.2, 0) is 11.2 Å². The van der Waals surface area contributed by atoms with Crippen molar-refractivity contribution in [1.29, 1.82) is 0 Å². The minimum absolute atomic E-state index is 0.0379. The smallest absolute Gasteiger partial charge is 0.159 e. The molecule has 0 amide bonds. The van der Waals surface area contributed by atoms with Gasteiger partial charge in [-0.3, -0.25) is 4.79 Å². The number of benzene rings is 2. The van der Waals surface area contributed by atoms with Crippen molar-refractivity contribution in [3.8, 4) is 5.75 Å². The van der Waals surface area contributed by atoms with Gasteiger partial charge in [-0.05, 0) is 30.5 Å². The van der Waals surface area contributed by atoms with Gasteiger partial charge in [-0.2, -0.15) is 0 Å². The topological polar surface area (TPSA) is 26.3 Å². The van der Waals surface area contributed by atoms with Gasteiger partial charge < -0.3 is 4.74 Å². The largest absolute Gasteiger partial charge is 0.456 e. The monoisotopic (exact) mass is 282 g/mol. The summed E-state index contributed by atoms with van der Waals surface area (Å²) < 4.78 is 19.0. The number of carbonyl (C=O) groups is 1. The third-order valence-electron chi connectivity index (χ3n) is 3.47. The van der Waals surface area contributed by atoms with Crippen molar-refractivity contribution in [3.05, 3.63) is 71.6 Å². The van der Waals surface area contributed by atoms with Gasteiger partial charge in [0.15, 0.2) is 5.78 Å². The molecule has 0 radical (unpaired) electrons. The number of ether oxygens (including phenoxy) is 1. The summed E-state index contributed by atoms with van der Waals surface area (Å²) in [5.41, 5.74) is 2.04. The lowest BCUT2D eigenvalue weighted by Gasteiger charge is -2.16. The molecule has 0 aliphatic heterocycles. The standard InChI is InChI=1S/C18H15FO2/c19-14-7-4-9-16(11-14)21-18-12-15(20)8-3-6-13-5-1-2-10-17(13)18/h1-2,4-5,7,9-12H,3,6,8H2/b18-12+. The third-order valence-corrected chi connectivity index (χ3v) is 3.47. The van der Waals surface area contributed by atoms with Crippen LogP contribution in [0.5, 0.6) is 5.75 Å². The maximum absolute atomic E-state index is 13.3. The highest BCUT2D eigenvalue weighted by molar-refractivity contribution is 5.96. The van der Waals surface area contributed by atoms with Crippen molar-refractivity contribution in [2.45, 2.75) is 19.3 Å². The predicted molar refractivity (Wildman–Crippen MR) is 79.4 cm³/mol. The van der Waals surface area contributed by atoms with Crippen molar-refractivity contribution in [1.82, 2.24) is 0 Å². The van der Waals surface area contributed by atoms with Crippen LogP contribution in [0.2, 0.25) is 0 Å². The van der Waals surface area contributed by atoms with Crippen LogP contribution in [0, 0.1) is 5.82 Å². The van der Waals surface area contributed by atoms with Crippen LogP contribution in [0.15, 0.2) is 54.6 Å². The lowest BCUT2D eigenvalue weighted by atomic mass is 9.96. The van der Waals surface area contributed by atoms with Gasteiger partial charge in [-0.15, -0.1) is 0 Å². The number of aryl methyl sites for hydroxylation is 1. The van der Waals surface area contributed by atoms with Crippen LogP contribution in [-0.4, -0.2) is 5.78 Å². The zero-order valence-corrected chi connectivity index (χ0v) is 11.5. The molecule has 0 unspecified atom stereocenters. The second kappa shape index (κ2) is 5.92. The Labute approximate surface area is 122 Å². The first-order chi connectivity index (χ1) is 10.2. The number of hydrogen-bond acceptors (Lipinski definition) is 2. The molecule has 0 N–H and O–H groups in total. The molecule has 3 rings (SSSR count). The van der Waals surface area contributed by atoms with Crippen molar-refractivity contribution >= 4 is 11.5 Å². The summed E-state index contributed by atoms with van der Waals surface area (Å²) in [7, 11) is 0. The van der Waals surface area contributed by atoms with Crippen molar-refractivity contribution in [3.63, 3.8) is 0 Å². The minimum Gasteiger partial charge on any atom is -0.456 e. The number of ketones is 1. The first-order valence-electron chi connectivity index (χ1n) is 6.98. The van der Waals surface area contributed by atoms with E-state index in [0.717, 1.165) is 24.0 Å². The molecule has 0 aromatic heterocycles. The Bertz CT molecular complexity index is 704. The number of hydrogen-bond donors (Lipinski definition) is 0. The Hall–Kier alpha value is -2.42. The lowest BCUT2D eigenvalue weighted by Crippen LogP contribution is -2.07. The van der Waals surface area contributed by atoms with Gasteiger partial charge in [0, 0.05) is 24.1 Å². The molecule has 0 heterocycles. The van der Waals surface area contributed by atoms with E-state index in [4.69, 9.17) is 4.74 Å². The molecule has 2 aromatic carbocycles. The fraction of sp³-hybridized carbons (Fsp3) is 0.167. The van der Waals surface area contributed by atoms with E-state index in [1.165, 1.54) is 18.2 Å². The van der Waals surface area contributed by atoms with Crippen LogP contribution in [0.4, 0.5) is 4.39 Å². The van der Waals surface area contributed by atoms with Crippen molar-refractivity contribution in [2.24, 2.45) is 0 Å². The summed E-state index contributed by atoms with van der Waals surface area (Å²) in [6.45, 7) is 0. The first kappa shape index (κ1) is 13.6. The molecule has 2 nitrogen and oxygen atoms in total. The quantitative estimate of drug-likeness (QED) is 0.827. The molecule has 1 aliphatic carbocycles. The van der Waals surface area contributed by atoms with E-state index >= 15 is 0 Å². The highest BCUT2D eigenvalue weighted by Gasteiger charge is 2.15. The van der Waals surface area contributed by atoms with Gasteiger partial charge >= 0.3 is 0 Å². The average molecular weight is 282 g/mol. The minimum atomic E-state index is -0.362. The number of halogens is 1. The molecular weight excluding hydrogens is 267 g/mol. The second-order valence-corrected chi connectivity index (χ2v) is 5.05. The van der Waals surface area contributed by atoms with Gasteiger partial charge in [-0.1, -0.05) is 30.3 Å². The molecule has 0 fully saturated rings. The van der Waals surface area contributed by atoms with Crippen LogP contribution in [0.25, 0.3) is 5.76 Å². The normalized spacial score (nSPS) is 17.2. The number of fused-ring (bicyclic) bond motifs is 1. The molecule has 0 atom stereocenters.